The van der Waals surface area contributed by atoms with Crippen LogP contribution >= 0.6 is 37.9 Å². The first-order valence-electron chi connectivity index (χ1n) is 9.96. The molecule has 0 aromatic rings. The SMILES string of the molecule is C=CC(=O)OCC.CCC(CO)(CO)CO.O=C(O)CCS.O=C(O)CCS.O=C(O)CCS. The summed E-state index contributed by atoms with van der Waals surface area (Å²) in [7, 11) is 0. The molecule has 0 aromatic carbocycles. The molecule has 0 rings (SSSR count). The van der Waals surface area contributed by atoms with Gasteiger partial charge in [0.05, 0.1) is 45.7 Å². The Morgan fingerprint density at radius 2 is 1.06 bits per heavy atom. The number of aliphatic hydroxyl groups excluding tert-OH is 3. The fourth-order valence-electron chi connectivity index (χ4n) is 0.974. The van der Waals surface area contributed by atoms with Crippen molar-refractivity contribution < 1.29 is 54.6 Å². The highest BCUT2D eigenvalue weighted by atomic mass is 32.1. The number of aliphatic hydroxyl groups is 3. The van der Waals surface area contributed by atoms with Gasteiger partial charge in [0.15, 0.2) is 0 Å². The van der Waals surface area contributed by atoms with Crippen molar-refractivity contribution in [3.63, 3.8) is 0 Å². The zero-order valence-electron chi connectivity index (χ0n) is 19.6. The summed E-state index contributed by atoms with van der Waals surface area (Å²) in [5.41, 5.74) is -0.667. The predicted molar refractivity (Wildman–Crippen MR) is 139 cm³/mol. The fourth-order valence-corrected chi connectivity index (χ4v) is 1.55. The molecule has 0 spiro atoms. The van der Waals surface area contributed by atoms with E-state index >= 15 is 0 Å². The summed E-state index contributed by atoms with van der Waals surface area (Å²) >= 11 is 11.0. The summed E-state index contributed by atoms with van der Waals surface area (Å²) in [5.74, 6) is -1.44. The number of hydrogen-bond donors (Lipinski definition) is 9. The Morgan fingerprint density at radius 1 is 0.765 bits per heavy atom. The van der Waals surface area contributed by atoms with Crippen LogP contribution in [0.5, 0.6) is 0 Å². The monoisotopic (exact) mass is 552 g/mol. The van der Waals surface area contributed by atoms with Crippen LogP contribution in [0, 0.1) is 5.41 Å². The van der Waals surface area contributed by atoms with Gasteiger partial charge < -0.3 is 35.4 Å². The second-order valence-electron chi connectivity index (χ2n) is 5.89. The third kappa shape index (κ3) is 44.3. The number of esters is 1. The quantitative estimate of drug-likeness (QED) is 0.0959. The molecular weight excluding hydrogens is 512 g/mol. The second-order valence-corrected chi connectivity index (χ2v) is 7.23. The van der Waals surface area contributed by atoms with Gasteiger partial charge in [-0.2, -0.15) is 37.9 Å². The molecule has 0 bridgehead atoms. The molecule has 6 N–H and O–H groups in total. The molecule has 0 radical (unpaired) electrons. The Morgan fingerprint density at radius 3 is 1.09 bits per heavy atom. The smallest absolute Gasteiger partial charge is 0.330 e. The normalized spacial score (nSPS) is 9.06. The zero-order chi connectivity index (χ0) is 28.0. The third-order valence-corrected chi connectivity index (χ3v) is 3.86. The molecule has 0 atom stereocenters. The highest BCUT2D eigenvalue weighted by Gasteiger charge is 2.24. The molecule has 0 amide bonds. The van der Waals surface area contributed by atoms with Crippen LogP contribution in [0.25, 0.3) is 0 Å². The molecule has 14 heteroatoms. The van der Waals surface area contributed by atoms with Gasteiger partial charge in [0, 0.05) is 28.7 Å². The Kier molecular flexibility index (Phi) is 42.3. The number of hydrogen-bond acceptors (Lipinski definition) is 11. The minimum atomic E-state index is -0.787. The first kappa shape index (κ1) is 42.7. The van der Waals surface area contributed by atoms with E-state index in [9.17, 15) is 19.2 Å². The molecule has 0 saturated heterocycles. The topological polar surface area (TPSA) is 199 Å². The maximum atomic E-state index is 10.1. The van der Waals surface area contributed by atoms with Gasteiger partial charge in [0.25, 0.3) is 0 Å². The average molecular weight is 553 g/mol. The van der Waals surface area contributed by atoms with Crippen molar-refractivity contribution >= 4 is 61.8 Å². The summed E-state index contributed by atoms with van der Waals surface area (Å²) in [5, 5.41) is 49.6. The van der Waals surface area contributed by atoms with E-state index in [2.05, 4.69) is 49.2 Å². The van der Waals surface area contributed by atoms with Gasteiger partial charge in [-0.1, -0.05) is 13.5 Å². The van der Waals surface area contributed by atoms with Gasteiger partial charge in [-0.25, -0.2) is 4.79 Å². The number of ether oxygens (including phenoxy) is 1. The summed E-state index contributed by atoms with van der Waals surface area (Å²) in [4.78, 5) is 38.7. The fraction of sp³-hybridized carbons (Fsp3) is 0.700. The molecule has 0 fully saturated rings. The highest BCUT2D eigenvalue weighted by molar-refractivity contribution is 7.80. The molecule has 0 heterocycles. The van der Waals surface area contributed by atoms with E-state index in [0.717, 1.165) is 6.08 Å². The molecule has 0 saturated carbocycles. The van der Waals surface area contributed by atoms with Crippen LogP contribution in [0.2, 0.25) is 0 Å². The zero-order valence-corrected chi connectivity index (χ0v) is 22.3. The third-order valence-electron chi connectivity index (χ3n) is 3.19. The Bertz CT molecular complexity index is 458. The van der Waals surface area contributed by atoms with E-state index in [1.54, 1.807) is 6.92 Å². The number of carbonyl (C=O) groups excluding carboxylic acids is 1. The van der Waals surface area contributed by atoms with Crippen molar-refractivity contribution in [2.45, 2.75) is 39.5 Å². The van der Waals surface area contributed by atoms with E-state index < -0.39 is 23.3 Å². The standard InChI is InChI=1S/C6H14O3.C5H8O2.3C3H6O2S/c1-2-6(3-7,4-8)5-9;1-3-5(6)7-4-2;3*4-3(5)1-2-6/h7-9H,2-5H2,1H3;3H,1,4H2,2H3;3*6H,1-2H2,(H,4,5). The van der Waals surface area contributed by atoms with Crippen LogP contribution < -0.4 is 0 Å². The first-order chi connectivity index (χ1) is 15.9. The minimum Gasteiger partial charge on any atom is -0.481 e. The molecule has 11 nitrogen and oxygen atoms in total. The van der Waals surface area contributed by atoms with Crippen LogP contribution in [0.1, 0.15) is 39.5 Å². The molecule has 0 aliphatic carbocycles. The van der Waals surface area contributed by atoms with Crippen LogP contribution in [0.4, 0.5) is 0 Å². The van der Waals surface area contributed by atoms with Gasteiger partial charge in [0.1, 0.15) is 0 Å². The van der Waals surface area contributed by atoms with E-state index in [-0.39, 0.29) is 45.1 Å². The largest absolute Gasteiger partial charge is 0.481 e. The van der Waals surface area contributed by atoms with E-state index in [0.29, 0.717) is 30.3 Å². The van der Waals surface area contributed by atoms with Crippen LogP contribution in [-0.2, 0) is 23.9 Å². The van der Waals surface area contributed by atoms with Gasteiger partial charge >= 0.3 is 23.9 Å². The number of carboxylic acids is 3. The molecule has 34 heavy (non-hydrogen) atoms. The van der Waals surface area contributed by atoms with Gasteiger partial charge in [-0.05, 0) is 13.3 Å². The number of carbonyl (C=O) groups is 4. The molecule has 0 aliphatic heterocycles. The van der Waals surface area contributed by atoms with Gasteiger partial charge in [0.2, 0.25) is 0 Å². The number of thiol groups is 3. The average Bonchev–Trinajstić information content (AvgIpc) is 2.77. The molecule has 204 valence electrons. The van der Waals surface area contributed by atoms with Crippen molar-refractivity contribution in [1.29, 1.82) is 0 Å². The van der Waals surface area contributed by atoms with Crippen LogP contribution in [-0.4, -0.2) is 98.2 Å². The lowest BCUT2D eigenvalue weighted by Gasteiger charge is -2.24. The van der Waals surface area contributed by atoms with E-state index in [1.165, 1.54) is 0 Å². The number of rotatable bonds is 12. The summed E-state index contributed by atoms with van der Waals surface area (Å²) in [6, 6.07) is 0. The lowest BCUT2D eigenvalue weighted by atomic mass is 9.88. The Hall–Kier alpha value is -1.45. The number of carboxylic acid groups (broad SMARTS) is 3. The minimum absolute atomic E-state index is 0.156. The van der Waals surface area contributed by atoms with Crippen molar-refractivity contribution in [1.82, 2.24) is 0 Å². The maximum absolute atomic E-state index is 10.1. The van der Waals surface area contributed by atoms with E-state index in [4.69, 9.17) is 30.6 Å². The Balaban J connectivity index is -0.000000104. The Labute approximate surface area is 217 Å². The second kappa shape index (κ2) is 33.7. The molecule has 0 aliphatic rings. The van der Waals surface area contributed by atoms with Crippen LogP contribution in [0.3, 0.4) is 0 Å². The van der Waals surface area contributed by atoms with Crippen molar-refractivity contribution in [2.75, 3.05) is 43.7 Å². The molecule has 0 unspecified atom stereocenters. The van der Waals surface area contributed by atoms with Gasteiger partial charge in [-0.15, -0.1) is 0 Å². The lowest BCUT2D eigenvalue weighted by molar-refractivity contribution is -0.138. The first-order valence-corrected chi connectivity index (χ1v) is 11.9. The molecule has 0 aromatic heterocycles. The number of aliphatic carboxylic acids is 3. The highest BCUT2D eigenvalue weighted by Crippen LogP contribution is 2.18. The van der Waals surface area contributed by atoms with Crippen LogP contribution in [0.15, 0.2) is 12.7 Å². The van der Waals surface area contributed by atoms with Crippen molar-refractivity contribution in [3.8, 4) is 0 Å². The van der Waals surface area contributed by atoms with Crippen molar-refractivity contribution in [2.24, 2.45) is 5.41 Å². The maximum Gasteiger partial charge on any atom is 0.330 e. The lowest BCUT2D eigenvalue weighted by Crippen LogP contribution is -2.32. The van der Waals surface area contributed by atoms with Crippen molar-refractivity contribution in [3.05, 3.63) is 12.7 Å². The predicted octanol–water partition coefficient (Wildman–Crippen LogP) is 1.27. The summed E-state index contributed by atoms with van der Waals surface area (Å²) in [6.07, 6.45) is 2.20. The van der Waals surface area contributed by atoms with E-state index in [1.807, 2.05) is 6.92 Å². The van der Waals surface area contributed by atoms with Gasteiger partial charge in [-0.3, -0.25) is 14.4 Å². The summed E-state index contributed by atoms with van der Waals surface area (Å²) < 4.78 is 4.43. The summed E-state index contributed by atoms with van der Waals surface area (Å²) in [6.45, 7) is 6.73. The molecular formula is C20H40O11S3.